The second-order valence-corrected chi connectivity index (χ2v) is 7.34. The van der Waals surface area contributed by atoms with Gasteiger partial charge in [-0.3, -0.25) is 14.3 Å². The zero-order valence-electron chi connectivity index (χ0n) is 16.7. The summed E-state index contributed by atoms with van der Waals surface area (Å²) in [5.74, 6) is -4.40. The van der Waals surface area contributed by atoms with Gasteiger partial charge in [0.1, 0.15) is 18.7 Å². The number of hydrogen-bond donors (Lipinski definition) is 1. The molecule has 3 aromatic rings. The molecule has 1 aliphatic rings. The highest BCUT2D eigenvalue weighted by Crippen LogP contribution is 2.31. The first-order valence-electron chi connectivity index (χ1n) is 9.66. The molecule has 1 atom stereocenters. The molecule has 1 N–H and O–H groups in total. The van der Waals surface area contributed by atoms with Gasteiger partial charge in [-0.05, 0) is 17.7 Å². The number of halogens is 2. The van der Waals surface area contributed by atoms with Crippen molar-refractivity contribution in [2.75, 3.05) is 13.1 Å². The van der Waals surface area contributed by atoms with Crippen molar-refractivity contribution in [1.82, 2.24) is 34.8 Å². The molecule has 0 unspecified atom stereocenters. The van der Waals surface area contributed by atoms with E-state index in [4.69, 9.17) is 5.26 Å². The molecular weight excluding hydrogens is 422 g/mol. The van der Waals surface area contributed by atoms with E-state index in [0.29, 0.717) is 6.54 Å². The summed E-state index contributed by atoms with van der Waals surface area (Å²) in [5, 5.41) is 19.6. The topological polar surface area (TPSA) is 122 Å². The lowest BCUT2D eigenvalue weighted by atomic mass is 10.2. The number of carbonyl (C=O) groups is 2. The van der Waals surface area contributed by atoms with Crippen LogP contribution < -0.4 is 5.32 Å². The smallest absolute Gasteiger partial charge is 0.268 e. The summed E-state index contributed by atoms with van der Waals surface area (Å²) in [7, 11) is 0. The van der Waals surface area contributed by atoms with Crippen LogP contribution in [0.15, 0.2) is 49.3 Å². The second-order valence-electron chi connectivity index (χ2n) is 7.34. The molecule has 0 saturated carbocycles. The highest BCUT2D eigenvalue weighted by molar-refractivity contribution is 5.96. The Morgan fingerprint density at radius 2 is 2.03 bits per heavy atom. The Morgan fingerprint density at radius 1 is 1.25 bits per heavy atom. The van der Waals surface area contributed by atoms with Crippen molar-refractivity contribution in [1.29, 1.82) is 5.26 Å². The van der Waals surface area contributed by atoms with Crippen LogP contribution in [0.2, 0.25) is 0 Å². The minimum Gasteiger partial charge on any atom is -0.343 e. The molecule has 32 heavy (non-hydrogen) atoms. The van der Waals surface area contributed by atoms with E-state index in [1.807, 2.05) is 24.3 Å². The number of nitriles is 1. The van der Waals surface area contributed by atoms with Crippen molar-refractivity contribution in [3.8, 4) is 11.8 Å². The Labute approximate surface area is 181 Å². The van der Waals surface area contributed by atoms with Gasteiger partial charge in [0.2, 0.25) is 5.91 Å². The summed E-state index contributed by atoms with van der Waals surface area (Å²) < 4.78 is 30.2. The largest absolute Gasteiger partial charge is 0.343 e. The quantitative estimate of drug-likeness (QED) is 0.610. The standard InChI is InChI=1S/C20H18F2N8O2/c21-20(22)5-17(6-23)29(11-20)18(31)8-25-19(32)15-7-26-28(10-15)9-14-1-3-16(4-2-14)30-13-24-12-27-30/h1-4,7,10,12-13,17H,5,8-9,11H2,(H,25,32)/t17-/m0/s1. The fraction of sp³-hybridized carbons (Fsp3) is 0.300. The molecule has 3 heterocycles. The van der Waals surface area contributed by atoms with Crippen LogP contribution in [0, 0.1) is 11.3 Å². The summed E-state index contributed by atoms with van der Waals surface area (Å²) in [4.78, 5) is 29.2. The third-order valence-electron chi connectivity index (χ3n) is 5.00. The van der Waals surface area contributed by atoms with E-state index in [9.17, 15) is 18.4 Å². The van der Waals surface area contributed by atoms with Crippen molar-refractivity contribution in [3.63, 3.8) is 0 Å². The molecule has 2 aromatic heterocycles. The fourth-order valence-electron chi connectivity index (χ4n) is 3.40. The van der Waals surface area contributed by atoms with E-state index in [0.717, 1.165) is 16.2 Å². The van der Waals surface area contributed by atoms with Gasteiger partial charge in [-0.1, -0.05) is 12.1 Å². The van der Waals surface area contributed by atoms with Gasteiger partial charge in [0.15, 0.2) is 0 Å². The third kappa shape index (κ3) is 4.61. The average Bonchev–Trinajstić information content (AvgIpc) is 3.52. The number of benzene rings is 1. The van der Waals surface area contributed by atoms with E-state index in [-0.39, 0.29) is 5.56 Å². The van der Waals surface area contributed by atoms with E-state index < -0.39 is 43.3 Å². The maximum absolute atomic E-state index is 13.5. The first-order valence-corrected chi connectivity index (χ1v) is 9.66. The molecule has 164 valence electrons. The molecular formula is C20H18F2N8O2. The normalized spacial score (nSPS) is 17.2. The molecule has 4 rings (SSSR count). The number of aromatic nitrogens is 5. The number of likely N-dealkylation sites (tertiary alicyclic amines) is 1. The Bertz CT molecular complexity index is 1150. The summed E-state index contributed by atoms with van der Waals surface area (Å²) in [6.07, 6.45) is 5.21. The summed E-state index contributed by atoms with van der Waals surface area (Å²) in [6, 6.07) is 8.05. The molecule has 1 saturated heterocycles. The highest BCUT2D eigenvalue weighted by atomic mass is 19.3. The Hall–Kier alpha value is -4.14. The number of hydrogen-bond acceptors (Lipinski definition) is 6. The minimum absolute atomic E-state index is 0.223. The van der Waals surface area contributed by atoms with Crippen LogP contribution in [-0.4, -0.2) is 66.3 Å². The second kappa shape index (κ2) is 8.54. The van der Waals surface area contributed by atoms with Crippen LogP contribution in [0.1, 0.15) is 22.3 Å². The van der Waals surface area contributed by atoms with Crippen molar-refractivity contribution < 1.29 is 18.4 Å². The van der Waals surface area contributed by atoms with Crippen LogP contribution in [0.3, 0.4) is 0 Å². The van der Waals surface area contributed by atoms with Crippen LogP contribution in [0.4, 0.5) is 8.78 Å². The van der Waals surface area contributed by atoms with Crippen molar-refractivity contribution >= 4 is 11.8 Å². The zero-order chi connectivity index (χ0) is 22.7. The average molecular weight is 440 g/mol. The predicted molar refractivity (Wildman–Crippen MR) is 106 cm³/mol. The number of nitrogens with zero attached hydrogens (tertiary/aromatic N) is 7. The molecule has 10 nitrogen and oxygen atoms in total. The van der Waals surface area contributed by atoms with Gasteiger partial charge in [0, 0.05) is 12.6 Å². The van der Waals surface area contributed by atoms with Gasteiger partial charge in [-0.15, -0.1) is 0 Å². The Kier molecular flexibility index (Phi) is 5.63. The van der Waals surface area contributed by atoms with Crippen LogP contribution in [0.25, 0.3) is 5.69 Å². The monoisotopic (exact) mass is 440 g/mol. The number of amides is 2. The van der Waals surface area contributed by atoms with Gasteiger partial charge in [0.05, 0.1) is 43.2 Å². The van der Waals surface area contributed by atoms with Crippen LogP contribution in [-0.2, 0) is 11.3 Å². The molecule has 0 spiro atoms. The lowest BCUT2D eigenvalue weighted by Crippen LogP contribution is -2.42. The van der Waals surface area contributed by atoms with Gasteiger partial charge >= 0.3 is 0 Å². The lowest BCUT2D eigenvalue weighted by molar-refractivity contribution is -0.131. The van der Waals surface area contributed by atoms with Gasteiger partial charge in [-0.25, -0.2) is 18.4 Å². The highest BCUT2D eigenvalue weighted by Gasteiger charge is 2.47. The summed E-state index contributed by atoms with van der Waals surface area (Å²) in [5.41, 5.74) is 2.02. The van der Waals surface area contributed by atoms with Crippen LogP contribution in [0.5, 0.6) is 0 Å². The van der Waals surface area contributed by atoms with Crippen molar-refractivity contribution in [2.24, 2.45) is 0 Å². The van der Waals surface area contributed by atoms with Crippen molar-refractivity contribution in [3.05, 3.63) is 60.4 Å². The molecule has 1 fully saturated rings. The number of alkyl halides is 2. The molecule has 2 amide bonds. The summed E-state index contributed by atoms with van der Waals surface area (Å²) >= 11 is 0. The minimum atomic E-state index is -3.10. The third-order valence-corrected chi connectivity index (χ3v) is 5.00. The maximum Gasteiger partial charge on any atom is 0.268 e. The fourth-order valence-corrected chi connectivity index (χ4v) is 3.40. The first-order chi connectivity index (χ1) is 15.3. The molecule has 12 heteroatoms. The Balaban J connectivity index is 1.32. The lowest BCUT2D eigenvalue weighted by Gasteiger charge is -2.19. The number of carbonyl (C=O) groups excluding carboxylic acids is 2. The number of nitrogens with one attached hydrogen (secondary N) is 1. The number of rotatable bonds is 6. The molecule has 0 radical (unpaired) electrons. The zero-order valence-corrected chi connectivity index (χ0v) is 16.7. The van der Waals surface area contributed by atoms with E-state index >= 15 is 0 Å². The van der Waals surface area contributed by atoms with Gasteiger partial charge < -0.3 is 10.2 Å². The first kappa shape index (κ1) is 21.1. The SMILES string of the molecule is N#C[C@@H]1CC(F)(F)CN1C(=O)CNC(=O)c1cnn(Cc2ccc(-n3cncn3)cc2)c1. The molecule has 0 aliphatic carbocycles. The predicted octanol–water partition coefficient (Wildman–Crippen LogP) is 1.00. The van der Waals surface area contributed by atoms with E-state index in [2.05, 4.69) is 20.5 Å². The maximum atomic E-state index is 13.5. The Morgan fingerprint density at radius 3 is 2.72 bits per heavy atom. The van der Waals surface area contributed by atoms with Crippen LogP contribution >= 0.6 is 0 Å². The van der Waals surface area contributed by atoms with E-state index in [1.54, 1.807) is 21.8 Å². The molecule has 0 bridgehead atoms. The van der Waals surface area contributed by atoms with Gasteiger partial charge in [0.25, 0.3) is 11.8 Å². The van der Waals surface area contributed by atoms with Crippen molar-refractivity contribution in [2.45, 2.75) is 24.9 Å². The van der Waals surface area contributed by atoms with Gasteiger partial charge in [-0.2, -0.15) is 15.5 Å². The molecule has 1 aromatic carbocycles. The molecule has 1 aliphatic heterocycles. The summed E-state index contributed by atoms with van der Waals surface area (Å²) in [6.45, 7) is -0.897. The van der Waals surface area contributed by atoms with E-state index in [1.165, 1.54) is 18.7 Å².